The monoisotopic (exact) mass is 344 g/mol. The second-order valence-corrected chi connectivity index (χ2v) is 4.77. The lowest BCUT2D eigenvalue weighted by molar-refractivity contribution is -0.389. The van der Waals surface area contributed by atoms with Gasteiger partial charge in [0.15, 0.2) is 4.60 Å². The van der Waals surface area contributed by atoms with E-state index in [1.54, 1.807) is 0 Å². The van der Waals surface area contributed by atoms with Crippen molar-refractivity contribution in [2.45, 2.75) is 0 Å². The molecule has 0 radical (unpaired) electrons. The number of nitrogens with one attached hydrogen (secondary N) is 1. The molecule has 0 amide bonds. The van der Waals surface area contributed by atoms with E-state index in [0.717, 1.165) is 15.6 Å². The van der Waals surface area contributed by atoms with Gasteiger partial charge in [-0.05, 0) is 26.9 Å². The number of aromatic amines is 1. The first-order chi connectivity index (χ1) is 7.59. The van der Waals surface area contributed by atoms with E-state index in [0.29, 0.717) is 4.60 Å². The zero-order valence-corrected chi connectivity index (χ0v) is 11.1. The Balaban J connectivity index is 2.57. The van der Waals surface area contributed by atoms with Crippen LogP contribution in [0.2, 0.25) is 0 Å². The lowest BCUT2D eigenvalue weighted by Gasteiger charge is -1.99. The molecule has 0 aliphatic heterocycles. The zero-order chi connectivity index (χ0) is 11.7. The van der Waals surface area contributed by atoms with Crippen molar-refractivity contribution < 1.29 is 4.92 Å². The summed E-state index contributed by atoms with van der Waals surface area (Å²) >= 11 is 6.68. The Morgan fingerprint density at radius 3 is 2.44 bits per heavy atom. The minimum absolute atomic E-state index is 0.0300. The molecule has 0 saturated carbocycles. The van der Waals surface area contributed by atoms with Crippen LogP contribution in [0.1, 0.15) is 0 Å². The number of nitro groups is 1. The van der Waals surface area contributed by atoms with E-state index in [1.807, 2.05) is 24.3 Å². The van der Waals surface area contributed by atoms with Gasteiger partial charge < -0.3 is 10.1 Å². The average molecular weight is 346 g/mol. The molecule has 0 fully saturated rings. The second-order valence-electron chi connectivity index (χ2n) is 3.12. The zero-order valence-electron chi connectivity index (χ0n) is 7.91. The van der Waals surface area contributed by atoms with E-state index < -0.39 is 4.92 Å². The van der Waals surface area contributed by atoms with Crippen LogP contribution in [-0.4, -0.2) is 9.91 Å². The van der Waals surface area contributed by atoms with Crippen molar-refractivity contribution in [2.24, 2.45) is 0 Å². The van der Waals surface area contributed by atoms with Gasteiger partial charge in [0, 0.05) is 21.7 Å². The summed E-state index contributed by atoms with van der Waals surface area (Å²) in [6, 6.07) is 9.06. The number of aromatic nitrogens is 1. The number of rotatable bonds is 2. The molecule has 0 atom stereocenters. The Labute approximate surface area is 108 Å². The van der Waals surface area contributed by atoms with E-state index in [9.17, 15) is 10.1 Å². The molecule has 16 heavy (non-hydrogen) atoms. The fourth-order valence-corrected chi connectivity index (χ4v) is 2.42. The van der Waals surface area contributed by atoms with Crippen LogP contribution in [0.3, 0.4) is 0 Å². The minimum Gasteiger partial charge on any atom is -0.358 e. The van der Waals surface area contributed by atoms with Crippen molar-refractivity contribution in [1.29, 1.82) is 0 Å². The molecule has 0 bridgehead atoms. The summed E-state index contributed by atoms with van der Waals surface area (Å²) in [5, 5.41) is 10.6. The van der Waals surface area contributed by atoms with Crippen LogP contribution in [0.25, 0.3) is 11.1 Å². The molecule has 1 aromatic carbocycles. The van der Waals surface area contributed by atoms with Gasteiger partial charge in [-0.3, -0.25) is 0 Å². The Bertz CT molecular complexity index is 552. The standard InChI is InChI=1S/C10H6Br2N2O2/c11-8-4-2-1-3-6(8)7-5-9(14(15)16)13-10(7)12/h1-5,13H. The molecule has 0 aliphatic rings. The smallest absolute Gasteiger partial charge is 0.322 e. The number of nitrogens with zero attached hydrogens (tertiary/aromatic N) is 1. The highest BCUT2D eigenvalue weighted by atomic mass is 79.9. The molecule has 82 valence electrons. The van der Waals surface area contributed by atoms with Crippen LogP contribution < -0.4 is 0 Å². The Morgan fingerprint density at radius 1 is 1.19 bits per heavy atom. The topological polar surface area (TPSA) is 58.9 Å². The first-order valence-corrected chi connectivity index (χ1v) is 5.96. The van der Waals surface area contributed by atoms with Crippen molar-refractivity contribution in [3.8, 4) is 11.1 Å². The van der Waals surface area contributed by atoms with Crippen LogP contribution in [0.4, 0.5) is 5.82 Å². The molecule has 2 rings (SSSR count). The van der Waals surface area contributed by atoms with Gasteiger partial charge in [0.2, 0.25) is 0 Å². The summed E-state index contributed by atoms with van der Waals surface area (Å²) in [5.41, 5.74) is 1.66. The van der Waals surface area contributed by atoms with Gasteiger partial charge in [0.1, 0.15) is 0 Å². The fraction of sp³-hybridized carbons (Fsp3) is 0. The summed E-state index contributed by atoms with van der Waals surface area (Å²) in [6.45, 7) is 0. The molecule has 1 N–H and O–H groups in total. The fourth-order valence-electron chi connectivity index (χ4n) is 1.39. The summed E-state index contributed by atoms with van der Waals surface area (Å²) in [7, 11) is 0. The number of hydrogen-bond donors (Lipinski definition) is 1. The highest BCUT2D eigenvalue weighted by molar-refractivity contribution is 9.11. The van der Waals surface area contributed by atoms with Crippen molar-refractivity contribution in [3.63, 3.8) is 0 Å². The van der Waals surface area contributed by atoms with Crippen LogP contribution in [0.15, 0.2) is 39.4 Å². The number of halogens is 2. The molecule has 0 saturated heterocycles. The molecule has 4 nitrogen and oxygen atoms in total. The van der Waals surface area contributed by atoms with E-state index in [1.165, 1.54) is 6.07 Å². The normalized spacial score (nSPS) is 10.4. The SMILES string of the molecule is O=[N+]([O-])c1cc(-c2ccccc2Br)c(Br)[nH]1. The second kappa shape index (κ2) is 4.39. The molecule has 2 aromatic rings. The lowest BCUT2D eigenvalue weighted by atomic mass is 10.1. The molecule has 6 heteroatoms. The third kappa shape index (κ3) is 2.03. The number of hydrogen-bond acceptors (Lipinski definition) is 2. The highest BCUT2D eigenvalue weighted by Gasteiger charge is 2.16. The summed E-state index contributed by atoms with van der Waals surface area (Å²) in [4.78, 5) is 12.8. The van der Waals surface area contributed by atoms with Crippen molar-refractivity contribution >= 4 is 37.7 Å². The van der Waals surface area contributed by atoms with E-state index in [2.05, 4.69) is 36.8 Å². The van der Waals surface area contributed by atoms with Gasteiger partial charge in [0.25, 0.3) is 0 Å². The highest BCUT2D eigenvalue weighted by Crippen LogP contribution is 2.35. The Morgan fingerprint density at radius 2 is 1.88 bits per heavy atom. The van der Waals surface area contributed by atoms with Crippen molar-refractivity contribution in [3.05, 3.63) is 49.5 Å². The third-order valence-electron chi connectivity index (χ3n) is 2.12. The third-order valence-corrected chi connectivity index (χ3v) is 3.43. The van der Waals surface area contributed by atoms with E-state index >= 15 is 0 Å². The van der Waals surface area contributed by atoms with Crippen LogP contribution >= 0.6 is 31.9 Å². The van der Waals surface area contributed by atoms with Gasteiger partial charge in [-0.1, -0.05) is 34.1 Å². The van der Waals surface area contributed by atoms with E-state index in [4.69, 9.17) is 0 Å². The largest absolute Gasteiger partial charge is 0.358 e. The Hall–Kier alpha value is -1.14. The van der Waals surface area contributed by atoms with E-state index in [-0.39, 0.29) is 5.82 Å². The van der Waals surface area contributed by atoms with Crippen LogP contribution in [0, 0.1) is 10.1 Å². The Kier molecular flexibility index (Phi) is 3.11. The maximum Gasteiger partial charge on any atom is 0.322 e. The molecule has 1 heterocycles. The summed E-state index contributed by atoms with van der Waals surface area (Å²) in [5.74, 6) is -0.0300. The molecule has 0 spiro atoms. The first-order valence-electron chi connectivity index (χ1n) is 4.37. The quantitative estimate of drug-likeness (QED) is 0.657. The number of H-pyrrole nitrogens is 1. The van der Waals surface area contributed by atoms with Crippen molar-refractivity contribution in [1.82, 2.24) is 4.98 Å². The summed E-state index contributed by atoms with van der Waals surface area (Å²) in [6.07, 6.45) is 0. The van der Waals surface area contributed by atoms with Crippen molar-refractivity contribution in [2.75, 3.05) is 0 Å². The molecular formula is C10H6Br2N2O2. The van der Waals surface area contributed by atoms with Gasteiger partial charge in [0.05, 0.1) is 0 Å². The maximum atomic E-state index is 10.6. The average Bonchev–Trinajstić information content (AvgIpc) is 2.61. The molecule has 0 unspecified atom stereocenters. The predicted octanol–water partition coefficient (Wildman–Crippen LogP) is 4.11. The predicted molar refractivity (Wildman–Crippen MR) is 68.3 cm³/mol. The van der Waals surface area contributed by atoms with Gasteiger partial charge in [-0.15, -0.1) is 0 Å². The summed E-state index contributed by atoms with van der Waals surface area (Å²) < 4.78 is 1.50. The van der Waals surface area contributed by atoms with Gasteiger partial charge in [-0.25, -0.2) is 4.98 Å². The minimum atomic E-state index is -0.453. The molecule has 0 aliphatic carbocycles. The molecular weight excluding hydrogens is 340 g/mol. The van der Waals surface area contributed by atoms with Crippen LogP contribution in [0.5, 0.6) is 0 Å². The number of benzene rings is 1. The van der Waals surface area contributed by atoms with Gasteiger partial charge in [-0.2, -0.15) is 0 Å². The van der Waals surface area contributed by atoms with Gasteiger partial charge >= 0.3 is 5.82 Å². The maximum absolute atomic E-state index is 10.6. The lowest BCUT2D eigenvalue weighted by Crippen LogP contribution is -1.85. The first kappa shape index (κ1) is 11.3. The molecule has 1 aromatic heterocycles. The van der Waals surface area contributed by atoms with Crippen LogP contribution in [-0.2, 0) is 0 Å².